The summed E-state index contributed by atoms with van der Waals surface area (Å²) >= 11 is 35.0. The Bertz CT molecular complexity index is 911. The van der Waals surface area contributed by atoms with Crippen molar-refractivity contribution in [2.24, 2.45) is 0 Å². The van der Waals surface area contributed by atoms with Crippen molar-refractivity contribution in [3.8, 4) is 11.5 Å². The van der Waals surface area contributed by atoms with Crippen LogP contribution in [0.5, 0.6) is 11.5 Å². The number of amides is 1. The molecule has 0 radical (unpaired) electrons. The van der Waals surface area contributed by atoms with Crippen LogP contribution in [0.3, 0.4) is 0 Å². The van der Waals surface area contributed by atoms with Gasteiger partial charge >= 0.3 is 0 Å². The first-order chi connectivity index (χ1) is 14.1. The van der Waals surface area contributed by atoms with Crippen LogP contribution in [0.4, 0.5) is 5.69 Å². The van der Waals surface area contributed by atoms with Gasteiger partial charge in [-0.15, -0.1) is 0 Å². The van der Waals surface area contributed by atoms with Crippen LogP contribution in [0, 0.1) is 0 Å². The quantitative estimate of drug-likeness (QED) is 0.260. The number of para-hydroxylation sites is 2. The lowest BCUT2D eigenvalue weighted by Crippen LogP contribution is -2.57. The summed E-state index contributed by atoms with van der Waals surface area (Å²) < 4.78 is 8.70. The van der Waals surface area contributed by atoms with Crippen LogP contribution >= 0.6 is 70.2 Å². The molecule has 30 heavy (non-hydrogen) atoms. The largest absolute Gasteiger partial charge is 0.495 e. The second-order valence-corrected chi connectivity index (χ2v) is 9.33. The smallest absolute Gasteiger partial charge is 0.259 e. The molecule has 6 nitrogen and oxygen atoms in total. The maximum atomic E-state index is 12.3. The van der Waals surface area contributed by atoms with Gasteiger partial charge in [0.2, 0.25) is 3.79 Å². The van der Waals surface area contributed by atoms with Gasteiger partial charge < -0.3 is 25.4 Å². The van der Waals surface area contributed by atoms with Crippen LogP contribution < -0.4 is 25.4 Å². The number of methoxy groups -OCH3 is 1. The fourth-order valence-electron chi connectivity index (χ4n) is 2.18. The van der Waals surface area contributed by atoms with E-state index >= 15 is 0 Å². The van der Waals surface area contributed by atoms with Gasteiger partial charge in [0.05, 0.1) is 17.8 Å². The number of hydrogen-bond acceptors (Lipinski definition) is 4. The summed E-state index contributed by atoms with van der Waals surface area (Å²) in [6, 6.07) is 11.7. The lowest BCUT2D eigenvalue weighted by Gasteiger charge is -2.28. The maximum absolute atomic E-state index is 12.3. The van der Waals surface area contributed by atoms with E-state index in [0.717, 1.165) is 0 Å². The Kier molecular flexibility index (Phi) is 9.40. The molecule has 1 amide bonds. The Morgan fingerprint density at radius 2 is 1.80 bits per heavy atom. The first kappa shape index (κ1) is 24.9. The highest BCUT2D eigenvalue weighted by Crippen LogP contribution is 2.30. The Hall–Kier alpha value is -1.35. The number of anilines is 1. The Balaban J connectivity index is 1.98. The Morgan fingerprint density at radius 1 is 1.10 bits per heavy atom. The molecule has 3 N–H and O–H groups in total. The van der Waals surface area contributed by atoms with Crippen molar-refractivity contribution >= 4 is 86.9 Å². The predicted molar refractivity (Wildman–Crippen MR) is 127 cm³/mol. The molecule has 0 saturated heterocycles. The van der Waals surface area contributed by atoms with E-state index in [1.54, 1.807) is 30.3 Å². The standard InChI is InChI=1S/C18H16Cl5N3O3S/c1-28-14-5-3-2-4-12(14)24-17(30)26-16(18(21,22)23)25-15(27)9-29-13-7-6-10(19)8-11(13)20/h2-8,16H,9H2,1H3,(H,25,27)(H2,24,26,30)/t16-/m1/s1. The highest BCUT2D eigenvalue weighted by Gasteiger charge is 2.34. The molecule has 0 saturated carbocycles. The summed E-state index contributed by atoms with van der Waals surface area (Å²) in [7, 11) is 1.52. The lowest BCUT2D eigenvalue weighted by molar-refractivity contribution is -0.123. The number of thiocarbonyl (C=S) groups is 1. The summed E-state index contributed by atoms with van der Waals surface area (Å²) in [6.07, 6.45) is -1.16. The molecule has 0 bridgehead atoms. The second kappa shape index (κ2) is 11.3. The van der Waals surface area contributed by atoms with Gasteiger partial charge in [-0.05, 0) is 42.5 Å². The zero-order valence-corrected chi connectivity index (χ0v) is 19.9. The van der Waals surface area contributed by atoms with Crippen LogP contribution in [-0.2, 0) is 4.79 Å². The molecular formula is C18H16Cl5N3O3S. The van der Waals surface area contributed by atoms with Gasteiger partial charge in [0.25, 0.3) is 5.91 Å². The van der Waals surface area contributed by atoms with E-state index in [4.69, 9.17) is 79.7 Å². The number of carbonyl (C=O) groups is 1. The summed E-state index contributed by atoms with van der Waals surface area (Å²) in [6.45, 7) is -0.382. The van der Waals surface area contributed by atoms with E-state index in [1.165, 1.54) is 19.2 Å². The van der Waals surface area contributed by atoms with Crippen LogP contribution in [0.25, 0.3) is 0 Å². The molecule has 0 aromatic heterocycles. The minimum Gasteiger partial charge on any atom is -0.495 e. The number of carbonyl (C=O) groups excluding carboxylic acids is 1. The SMILES string of the molecule is COc1ccccc1NC(=S)N[C@@H](NC(=O)COc1ccc(Cl)cc1Cl)C(Cl)(Cl)Cl. The monoisotopic (exact) mass is 529 g/mol. The average molecular weight is 532 g/mol. The third-order valence-electron chi connectivity index (χ3n) is 3.52. The number of halogens is 5. The zero-order valence-electron chi connectivity index (χ0n) is 15.3. The first-order valence-corrected chi connectivity index (χ1v) is 10.5. The average Bonchev–Trinajstić information content (AvgIpc) is 2.66. The van der Waals surface area contributed by atoms with Crippen molar-refractivity contribution in [1.82, 2.24) is 10.6 Å². The second-order valence-electron chi connectivity index (χ2n) is 5.70. The van der Waals surface area contributed by atoms with Crippen molar-refractivity contribution in [1.29, 1.82) is 0 Å². The highest BCUT2D eigenvalue weighted by molar-refractivity contribution is 7.80. The number of hydrogen-bond donors (Lipinski definition) is 3. The first-order valence-electron chi connectivity index (χ1n) is 8.24. The molecule has 12 heteroatoms. The van der Waals surface area contributed by atoms with E-state index in [1.807, 2.05) is 0 Å². The van der Waals surface area contributed by atoms with Gasteiger partial charge in [0.15, 0.2) is 11.7 Å². The van der Waals surface area contributed by atoms with Crippen LogP contribution in [0.1, 0.15) is 0 Å². The molecule has 162 valence electrons. The number of ether oxygens (including phenoxy) is 2. The molecule has 0 aliphatic heterocycles. The molecule has 0 fully saturated rings. The third-order valence-corrected chi connectivity index (χ3v) is 4.92. The fourth-order valence-corrected chi connectivity index (χ4v) is 3.19. The Morgan fingerprint density at radius 3 is 2.43 bits per heavy atom. The van der Waals surface area contributed by atoms with E-state index < -0.39 is 15.9 Å². The van der Waals surface area contributed by atoms with Crippen LogP contribution in [0.15, 0.2) is 42.5 Å². The van der Waals surface area contributed by atoms with Crippen molar-refractivity contribution in [2.45, 2.75) is 9.96 Å². The fraction of sp³-hybridized carbons (Fsp3) is 0.222. The van der Waals surface area contributed by atoms with E-state index in [0.29, 0.717) is 16.5 Å². The van der Waals surface area contributed by atoms with E-state index in [-0.39, 0.29) is 22.5 Å². The molecule has 2 rings (SSSR count). The minimum absolute atomic E-state index is 0.0952. The molecule has 0 aliphatic carbocycles. The lowest BCUT2D eigenvalue weighted by atomic mass is 10.3. The van der Waals surface area contributed by atoms with Gasteiger partial charge in [-0.1, -0.05) is 70.1 Å². The van der Waals surface area contributed by atoms with Gasteiger partial charge in [0.1, 0.15) is 17.7 Å². The van der Waals surface area contributed by atoms with Crippen LogP contribution in [-0.4, -0.2) is 34.7 Å². The molecule has 0 unspecified atom stereocenters. The number of benzene rings is 2. The molecule has 0 aliphatic rings. The summed E-state index contributed by atoms with van der Waals surface area (Å²) in [5.41, 5.74) is 0.590. The number of nitrogens with one attached hydrogen (secondary N) is 3. The highest BCUT2D eigenvalue weighted by atomic mass is 35.6. The van der Waals surface area contributed by atoms with Gasteiger partial charge in [-0.3, -0.25) is 4.79 Å². The van der Waals surface area contributed by atoms with Gasteiger partial charge in [-0.25, -0.2) is 0 Å². The van der Waals surface area contributed by atoms with E-state index in [2.05, 4.69) is 16.0 Å². The molecule has 0 heterocycles. The third kappa shape index (κ3) is 7.72. The number of alkyl halides is 3. The topological polar surface area (TPSA) is 71.6 Å². The van der Waals surface area contributed by atoms with Crippen molar-refractivity contribution in [3.05, 3.63) is 52.5 Å². The predicted octanol–water partition coefficient (Wildman–Crippen LogP) is 5.18. The summed E-state index contributed by atoms with van der Waals surface area (Å²) in [5.74, 6) is 0.261. The zero-order chi connectivity index (χ0) is 22.3. The minimum atomic E-state index is -1.92. The van der Waals surface area contributed by atoms with Crippen molar-refractivity contribution in [3.63, 3.8) is 0 Å². The summed E-state index contributed by atoms with van der Waals surface area (Å²) in [5, 5.41) is 8.95. The van der Waals surface area contributed by atoms with E-state index in [9.17, 15) is 4.79 Å². The van der Waals surface area contributed by atoms with Crippen LogP contribution in [0.2, 0.25) is 10.0 Å². The van der Waals surface area contributed by atoms with Crippen molar-refractivity contribution < 1.29 is 14.3 Å². The normalized spacial score (nSPS) is 11.9. The molecule has 2 aromatic rings. The molecular weight excluding hydrogens is 516 g/mol. The van der Waals surface area contributed by atoms with Gasteiger partial charge in [0, 0.05) is 5.02 Å². The molecule has 2 aromatic carbocycles. The summed E-state index contributed by atoms with van der Waals surface area (Å²) in [4.78, 5) is 12.3. The van der Waals surface area contributed by atoms with Crippen molar-refractivity contribution in [2.75, 3.05) is 19.0 Å². The molecule has 1 atom stereocenters. The number of rotatable bonds is 7. The van der Waals surface area contributed by atoms with Gasteiger partial charge in [-0.2, -0.15) is 0 Å². The Labute approximate surface area is 204 Å². The molecule has 0 spiro atoms. The maximum Gasteiger partial charge on any atom is 0.259 e.